The molecule has 1 unspecified atom stereocenters. The van der Waals surface area contributed by atoms with Gasteiger partial charge in [0, 0.05) is 6.54 Å². The predicted molar refractivity (Wildman–Crippen MR) is 77.1 cm³/mol. The van der Waals surface area contributed by atoms with Gasteiger partial charge in [0.1, 0.15) is 11.3 Å². The molecule has 2 rings (SSSR count). The highest BCUT2D eigenvalue weighted by atomic mass is 16.5. The van der Waals surface area contributed by atoms with Crippen molar-refractivity contribution in [3.8, 4) is 5.75 Å². The van der Waals surface area contributed by atoms with Gasteiger partial charge in [-0.2, -0.15) is 0 Å². The zero-order chi connectivity index (χ0) is 14.7. The van der Waals surface area contributed by atoms with Gasteiger partial charge in [-0.05, 0) is 26.2 Å². The minimum Gasteiger partial charge on any atom is -0.494 e. The number of para-hydroxylation sites is 1. The summed E-state index contributed by atoms with van der Waals surface area (Å²) in [5.74, 6) is 0.570. The molecule has 1 atom stereocenters. The Balaban J connectivity index is 2.38. The summed E-state index contributed by atoms with van der Waals surface area (Å²) in [6.07, 6.45) is 0.832. The molecular formula is C14H19N3O3. The standard InChI is InChI=1S/C14H19N3O3/c1-16(2)7-10(18)8-17-9-15-13-11(14(17)19)5-4-6-12(13)20-3/h4-6,9-10,18H,7-8H2,1-3H3. The number of aliphatic hydroxyl groups is 1. The molecule has 20 heavy (non-hydrogen) atoms. The summed E-state index contributed by atoms with van der Waals surface area (Å²) in [4.78, 5) is 18.5. The third-order valence-electron chi connectivity index (χ3n) is 3.02. The smallest absolute Gasteiger partial charge is 0.261 e. The van der Waals surface area contributed by atoms with Crippen molar-refractivity contribution < 1.29 is 9.84 Å². The number of hydrogen-bond acceptors (Lipinski definition) is 5. The summed E-state index contributed by atoms with van der Waals surface area (Å²) < 4.78 is 6.62. The monoisotopic (exact) mass is 277 g/mol. The second kappa shape index (κ2) is 6.02. The number of rotatable bonds is 5. The van der Waals surface area contributed by atoms with Crippen LogP contribution >= 0.6 is 0 Å². The van der Waals surface area contributed by atoms with Crippen LogP contribution in [0.4, 0.5) is 0 Å². The molecule has 0 amide bonds. The Morgan fingerprint density at radius 3 is 2.85 bits per heavy atom. The number of methoxy groups -OCH3 is 1. The molecule has 0 saturated carbocycles. The van der Waals surface area contributed by atoms with E-state index in [9.17, 15) is 9.90 Å². The Kier molecular flexibility index (Phi) is 4.36. The van der Waals surface area contributed by atoms with E-state index in [4.69, 9.17) is 4.74 Å². The van der Waals surface area contributed by atoms with Gasteiger partial charge in [-0.15, -0.1) is 0 Å². The average molecular weight is 277 g/mol. The Morgan fingerprint density at radius 1 is 1.45 bits per heavy atom. The van der Waals surface area contributed by atoms with Crippen molar-refractivity contribution in [2.45, 2.75) is 12.6 Å². The van der Waals surface area contributed by atoms with Gasteiger partial charge >= 0.3 is 0 Å². The van der Waals surface area contributed by atoms with E-state index in [0.717, 1.165) is 0 Å². The van der Waals surface area contributed by atoms with Crippen LogP contribution in [0.1, 0.15) is 0 Å². The number of hydrogen-bond donors (Lipinski definition) is 1. The van der Waals surface area contributed by atoms with E-state index >= 15 is 0 Å². The molecule has 0 spiro atoms. The number of likely N-dealkylation sites (N-methyl/N-ethyl adjacent to an activating group) is 1. The van der Waals surface area contributed by atoms with Crippen LogP contribution in [0.15, 0.2) is 29.3 Å². The van der Waals surface area contributed by atoms with Crippen molar-refractivity contribution >= 4 is 10.9 Å². The molecule has 0 aliphatic rings. The van der Waals surface area contributed by atoms with Gasteiger partial charge in [0.15, 0.2) is 0 Å². The summed E-state index contributed by atoms with van der Waals surface area (Å²) in [6.45, 7) is 0.708. The normalized spacial score (nSPS) is 12.8. The molecule has 108 valence electrons. The van der Waals surface area contributed by atoms with E-state index in [-0.39, 0.29) is 12.1 Å². The van der Waals surface area contributed by atoms with Gasteiger partial charge in [0.05, 0.1) is 31.5 Å². The van der Waals surface area contributed by atoms with Crippen LogP contribution in [0.2, 0.25) is 0 Å². The van der Waals surface area contributed by atoms with Crippen molar-refractivity contribution in [2.24, 2.45) is 0 Å². The first-order chi connectivity index (χ1) is 9.52. The molecule has 0 aliphatic carbocycles. The number of aromatic nitrogens is 2. The summed E-state index contributed by atoms with van der Waals surface area (Å²) in [5.41, 5.74) is 0.366. The fraction of sp³-hybridized carbons (Fsp3) is 0.429. The maximum Gasteiger partial charge on any atom is 0.261 e. The highest BCUT2D eigenvalue weighted by molar-refractivity contribution is 5.83. The third-order valence-corrected chi connectivity index (χ3v) is 3.02. The first-order valence-corrected chi connectivity index (χ1v) is 6.38. The largest absolute Gasteiger partial charge is 0.494 e. The van der Waals surface area contributed by atoms with Crippen LogP contribution in [0, 0.1) is 0 Å². The zero-order valence-corrected chi connectivity index (χ0v) is 11.9. The number of aliphatic hydroxyl groups excluding tert-OH is 1. The Hall–Kier alpha value is -1.92. The molecule has 6 heteroatoms. The van der Waals surface area contributed by atoms with Crippen LogP contribution in [-0.2, 0) is 6.54 Å². The minimum absolute atomic E-state index is 0.174. The molecule has 1 aromatic carbocycles. The summed E-state index contributed by atoms with van der Waals surface area (Å²) in [5, 5.41) is 10.4. The summed E-state index contributed by atoms with van der Waals surface area (Å²) in [7, 11) is 5.29. The topological polar surface area (TPSA) is 67.6 Å². The lowest BCUT2D eigenvalue weighted by molar-refractivity contribution is 0.118. The maximum absolute atomic E-state index is 12.4. The lowest BCUT2D eigenvalue weighted by atomic mass is 10.2. The van der Waals surface area contributed by atoms with Crippen LogP contribution in [0.5, 0.6) is 5.75 Å². The average Bonchev–Trinajstić information content (AvgIpc) is 2.40. The molecule has 6 nitrogen and oxygen atoms in total. The van der Waals surface area contributed by atoms with E-state index in [1.165, 1.54) is 10.9 Å². The molecule has 1 aromatic heterocycles. The molecule has 1 heterocycles. The van der Waals surface area contributed by atoms with Crippen LogP contribution in [-0.4, -0.2) is 53.4 Å². The van der Waals surface area contributed by atoms with Gasteiger partial charge in [-0.1, -0.05) is 6.07 Å². The van der Waals surface area contributed by atoms with Gasteiger partial charge in [0.2, 0.25) is 0 Å². The fourth-order valence-corrected chi connectivity index (χ4v) is 2.16. The fourth-order valence-electron chi connectivity index (χ4n) is 2.16. The van der Waals surface area contributed by atoms with E-state index in [1.807, 2.05) is 19.0 Å². The molecule has 2 aromatic rings. The Morgan fingerprint density at radius 2 is 2.20 bits per heavy atom. The van der Waals surface area contributed by atoms with Crippen molar-refractivity contribution in [3.63, 3.8) is 0 Å². The van der Waals surface area contributed by atoms with Gasteiger partial charge in [-0.25, -0.2) is 4.98 Å². The number of fused-ring (bicyclic) bond motifs is 1. The van der Waals surface area contributed by atoms with Gasteiger partial charge in [-0.3, -0.25) is 9.36 Å². The van der Waals surface area contributed by atoms with Crippen LogP contribution in [0.3, 0.4) is 0 Å². The highest BCUT2D eigenvalue weighted by Gasteiger charge is 2.11. The van der Waals surface area contributed by atoms with Crippen molar-refractivity contribution in [1.82, 2.24) is 14.5 Å². The van der Waals surface area contributed by atoms with Gasteiger partial charge in [0.25, 0.3) is 5.56 Å². The quantitative estimate of drug-likeness (QED) is 0.853. The number of ether oxygens (including phenoxy) is 1. The molecular weight excluding hydrogens is 258 g/mol. The highest BCUT2D eigenvalue weighted by Crippen LogP contribution is 2.19. The van der Waals surface area contributed by atoms with E-state index in [2.05, 4.69) is 4.98 Å². The molecule has 0 radical (unpaired) electrons. The lowest BCUT2D eigenvalue weighted by Crippen LogP contribution is -2.33. The zero-order valence-electron chi connectivity index (χ0n) is 11.9. The van der Waals surface area contributed by atoms with E-state index < -0.39 is 6.10 Å². The number of benzene rings is 1. The molecule has 0 bridgehead atoms. The van der Waals surface area contributed by atoms with E-state index in [1.54, 1.807) is 25.3 Å². The Bertz CT molecular complexity index is 652. The van der Waals surface area contributed by atoms with Crippen molar-refractivity contribution in [1.29, 1.82) is 0 Å². The second-order valence-corrected chi connectivity index (χ2v) is 4.97. The Labute approximate surface area is 117 Å². The molecule has 0 saturated heterocycles. The summed E-state index contributed by atoms with van der Waals surface area (Å²) in [6, 6.07) is 5.23. The van der Waals surface area contributed by atoms with Crippen LogP contribution < -0.4 is 10.3 Å². The van der Waals surface area contributed by atoms with E-state index in [0.29, 0.717) is 23.2 Å². The van der Waals surface area contributed by atoms with Crippen molar-refractivity contribution in [3.05, 3.63) is 34.9 Å². The van der Waals surface area contributed by atoms with Crippen molar-refractivity contribution in [2.75, 3.05) is 27.7 Å². The minimum atomic E-state index is -0.618. The summed E-state index contributed by atoms with van der Waals surface area (Å²) >= 11 is 0. The van der Waals surface area contributed by atoms with Crippen LogP contribution in [0.25, 0.3) is 10.9 Å². The van der Waals surface area contributed by atoms with Gasteiger partial charge < -0.3 is 14.7 Å². The third kappa shape index (κ3) is 2.97. The lowest BCUT2D eigenvalue weighted by Gasteiger charge is -2.17. The molecule has 0 fully saturated rings. The molecule has 0 aliphatic heterocycles. The predicted octanol–water partition coefficient (Wildman–Crippen LogP) is 0.328. The first-order valence-electron chi connectivity index (χ1n) is 6.38. The number of nitrogens with zero attached hydrogens (tertiary/aromatic N) is 3. The maximum atomic E-state index is 12.4. The SMILES string of the molecule is COc1cccc2c(=O)n(CC(O)CN(C)C)cnc12. The first kappa shape index (κ1) is 14.5. The second-order valence-electron chi connectivity index (χ2n) is 4.97. The molecule has 1 N–H and O–H groups in total.